The quantitative estimate of drug-likeness (QED) is 0.669. The third-order valence-corrected chi connectivity index (χ3v) is 5.91. The van der Waals surface area contributed by atoms with Gasteiger partial charge in [-0.1, -0.05) is 18.2 Å². The largest absolute Gasteiger partial charge is 0.497 e. The molecule has 4 nitrogen and oxygen atoms in total. The summed E-state index contributed by atoms with van der Waals surface area (Å²) in [5.74, 6) is 0.853. The Hall–Kier alpha value is -2.18. The Morgan fingerprint density at radius 1 is 1.21 bits per heavy atom. The molecule has 24 heavy (non-hydrogen) atoms. The van der Waals surface area contributed by atoms with E-state index in [0.29, 0.717) is 0 Å². The molecule has 0 spiro atoms. The van der Waals surface area contributed by atoms with Crippen LogP contribution in [-0.4, -0.2) is 17.8 Å². The summed E-state index contributed by atoms with van der Waals surface area (Å²) in [6.07, 6.45) is 0.867. The second-order valence-corrected chi connectivity index (χ2v) is 7.45. The molecule has 0 aliphatic carbocycles. The molecule has 3 aromatic rings. The highest BCUT2D eigenvalue weighted by Gasteiger charge is 2.32. The van der Waals surface area contributed by atoms with Crippen molar-refractivity contribution in [3.05, 3.63) is 63.3 Å². The van der Waals surface area contributed by atoms with Crippen LogP contribution in [0.5, 0.6) is 5.75 Å². The molecule has 1 atom stereocenters. The van der Waals surface area contributed by atoms with Gasteiger partial charge in [-0.05, 0) is 30.5 Å². The van der Waals surface area contributed by atoms with Gasteiger partial charge in [-0.2, -0.15) is 5.10 Å². The van der Waals surface area contributed by atoms with Crippen molar-refractivity contribution >= 4 is 33.5 Å². The Bertz CT molecular complexity index is 870. The summed E-state index contributed by atoms with van der Waals surface area (Å²) < 4.78 is 5.35. The van der Waals surface area contributed by atoms with E-state index in [1.54, 1.807) is 29.8 Å². The van der Waals surface area contributed by atoms with Crippen molar-refractivity contribution in [1.82, 2.24) is 4.98 Å². The first kappa shape index (κ1) is 15.4. The van der Waals surface area contributed by atoms with Crippen LogP contribution < -0.4 is 9.75 Å². The smallest absolute Gasteiger partial charge is 0.206 e. The van der Waals surface area contributed by atoms with Crippen LogP contribution in [0.2, 0.25) is 0 Å². The van der Waals surface area contributed by atoms with E-state index in [-0.39, 0.29) is 6.04 Å². The van der Waals surface area contributed by atoms with E-state index in [4.69, 9.17) is 9.84 Å². The standard InChI is InChI=1S/C18H17N3OS2/c1-12-11-24-18(19-12)21-16(17-7-4-8-23-17)10-15(20-21)13-5-3-6-14(9-13)22-2/h3-9,11,16H,10H2,1-2H3/t16-/m0/s1. The molecule has 2 aromatic heterocycles. The summed E-state index contributed by atoms with van der Waals surface area (Å²) in [4.78, 5) is 5.94. The van der Waals surface area contributed by atoms with Gasteiger partial charge in [0.05, 0.1) is 24.6 Å². The van der Waals surface area contributed by atoms with E-state index in [1.165, 1.54) is 4.88 Å². The third kappa shape index (κ3) is 2.83. The molecule has 0 fully saturated rings. The lowest BCUT2D eigenvalue weighted by Gasteiger charge is -2.19. The average molecular weight is 355 g/mol. The number of aryl methyl sites for hydroxylation is 1. The van der Waals surface area contributed by atoms with E-state index >= 15 is 0 Å². The lowest BCUT2D eigenvalue weighted by molar-refractivity contribution is 0.414. The van der Waals surface area contributed by atoms with Gasteiger partial charge in [-0.3, -0.25) is 0 Å². The molecule has 0 radical (unpaired) electrons. The molecular formula is C18H17N3OS2. The molecular weight excluding hydrogens is 338 g/mol. The molecule has 3 heterocycles. The van der Waals surface area contributed by atoms with Crippen molar-refractivity contribution in [2.75, 3.05) is 12.1 Å². The summed E-state index contributed by atoms with van der Waals surface area (Å²) in [7, 11) is 1.69. The second-order valence-electron chi connectivity index (χ2n) is 5.63. The molecule has 0 N–H and O–H groups in total. The summed E-state index contributed by atoms with van der Waals surface area (Å²) in [6, 6.07) is 12.6. The maximum atomic E-state index is 5.35. The van der Waals surface area contributed by atoms with Gasteiger partial charge in [-0.25, -0.2) is 9.99 Å². The number of nitrogens with zero attached hydrogens (tertiary/aromatic N) is 3. The number of rotatable bonds is 4. The molecule has 122 valence electrons. The SMILES string of the molecule is COc1cccc(C2=NN(c3nc(C)cs3)[C@H](c3cccs3)C2)c1. The van der Waals surface area contributed by atoms with E-state index < -0.39 is 0 Å². The molecule has 0 bridgehead atoms. The fraction of sp³-hybridized carbons (Fsp3) is 0.222. The minimum absolute atomic E-state index is 0.205. The van der Waals surface area contributed by atoms with Gasteiger partial charge < -0.3 is 4.74 Å². The van der Waals surface area contributed by atoms with Gasteiger partial charge in [-0.15, -0.1) is 22.7 Å². The maximum absolute atomic E-state index is 5.35. The number of hydrogen-bond donors (Lipinski definition) is 0. The maximum Gasteiger partial charge on any atom is 0.206 e. The first-order chi connectivity index (χ1) is 11.7. The van der Waals surface area contributed by atoms with E-state index in [9.17, 15) is 0 Å². The number of anilines is 1. The summed E-state index contributed by atoms with van der Waals surface area (Å²) in [6.45, 7) is 2.02. The number of benzene rings is 1. The third-order valence-electron chi connectivity index (χ3n) is 3.99. The van der Waals surface area contributed by atoms with E-state index in [0.717, 1.165) is 34.3 Å². The van der Waals surface area contributed by atoms with Crippen molar-refractivity contribution in [3.8, 4) is 5.75 Å². The highest BCUT2D eigenvalue weighted by Crippen LogP contribution is 2.39. The van der Waals surface area contributed by atoms with Crippen LogP contribution >= 0.6 is 22.7 Å². The summed E-state index contributed by atoms with van der Waals surface area (Å²) in [5, 5.41) is 12.1. The Morgan fingerprint density at radius 2 is 2.12 bits per heavy atom. The number of hydrogen-bond acceptors (Lipinski definition) is 6. The zero-order valence-electron chi connectivity index (χ0n) is 13.5. The first-order valence-electron chi connectivity index (χ1n) is 7.71. The van der Waals surface area contributed by atoms with Crippen LogP contribution in [-0.2, 0) is 0 Å². The average Bonchev–Trinajstić information content (AvgIpc) is 3.34. The highest BCUT2D eigenvalue weighted by atomic mass is 32.1. The minimum Gasteiger partial charge on any atom is -0.497 e. The van der Waals surface area contributed by atoms with Gasteiger partial charge in [0, 0.05) is 22.2 Å². The van der Waals surface area contributed by atoms with Crippen molar-refractivity contribution in [3.63, 3.8) is 0 Å². The molecule has 4 rings (SSSR count). The van der Waals surface area contributed by atoms with Gasteiger partial charge in [0.2, 0.25) is 5.13 Å². The fourth-order valence-electron chi connectivity index (χ4n) is 2.81. The van der Waals surface area contributed by atoms with Crippen molar-refractivity contribution < 1.29 is 4.74 Å². The monoisotopic (exact) mass is 355 g/mol. The van der Waals surface area contributed by atoms with Gasteiger partial charge in [0.15, 0.2) is 0 Å². The Kier molecular flexibility index (Phi) is 4.08. The number of ether oxygens (including phenoxy) is 1. The van der Waals surface area contributed by atoms with Crippen molar-refractivity contribution in [2.45, 2.75) is 19.4 Å². The number of hydrazone groups is 1. The molecule has 0 saturated heterocycles. The van der Waals surface area contributed by atoms with Crippen molar-refractivity contribution in [2.24, 2.45) is 5.10 Å². The summed E-state index contributed by atoms with van der Waals surface area (Å²) >= 11 is 3.41. The molecule has 6 heteroatoms. The topological polar surface area (TPSA) is 37.7 Å². The number of aromatic nitrogens is 1. The van der Waals surface area contributed by atoms with Gasteiger partial charge in [0.1, 0.15) is 5.75 Å². The van der Waals surface area contributed by atoms with E-state index in [1.807, 2.05) is 25.1 Å². The Labute approximate surface area is 149 Å². The fourth-order valence-corrected chi connectivity index (χ4v) is 4.43. The molecule has 0 amide bonds. The van der Waals surface area contributed by atoms with Crippen LogP contribution in [0.3, 0.4) is 0 Å². The van der Waals surface area contributed by atoms with Gasteiger partial charge in [0.25, 0.3) is 0 Å². The molecule has 0 unspecified atom stereocenters. The lowest BCUT2D eigenvalue weighted by Crippen LogP contribution is -2.17. The zero-order valence-corrected chi connectivity index (χ0v) is 15.1. The van der Waals surface area contributed by atoms with E-state index in [2.05, 4.69) is 39.0 Å². The van der Waals surface area contributed by atoms with Crippen LogP contribution in [0.1, 0.15) is 28.6 Å². The molecule has 1 aliphatic rings. The number of thiazole rings is 1. The molecule has 0 saturated carbocycles. The normalized spacial score (nSPS) is 17.2. The molecule has 1 aromatic carbocycles. The van der Waals surface area contributed by atoms with Crippen molar-refractivity contribution in [1.29, 1.82) is 0 Å². The van der Waals surface area contributed by atoms with Crippen LogP contribution in [0.25, 0.3) is 0 Å². The predicted molar refractivity (Wildman–Crippen MR) is 101 cm³/mol. The lowest BCUT2D eigenvalue weighted by atomic mass is 10.0. The predicted octanol–water partition coefficient (Wildman–Crippen LogP) is 4.88. The Balaban J connectivity index is 1.73. The zero-order chi connectivity index (χ0) is 16.5. The Morgan fingerprint density at radius 3 is 2.83 bits per heavy atom. The second kappa shape index (κ2) is 6.37. The number of thiophene rings is 1. The molecule has 1 aliphatic heterocycles. The van der Waals surface area contributed by atoms with Crippen LogP contribution in [0.15, 0.2) is 52.3 Å². The van der Waals surface area contributed by atoms with Crippen LogP contribution in [0.4, 0.5) is 5.13 Å². The number of methoxy groups -OCH3 is 1. The minimum atomic E-state index is 0.205. The van der Waals surface area contributed by atoms with Gasteiger partial charge >= 0.3 is 0 Å². The highest BCUT2D eigenvalue weighted by molar-refractivity contribution is 7.13. The summed E-state index contributed by atoms with van der Waals surface area (Å²) in [5.41, 5.74) is 3.21. The van der Waals surface area contributed by atoms with Crippen LogP contribution in [0, 0.1) is 6.92 Å². The first-order valence-corrected chi connectivity index (χ1v) is 9.47.